The highest BCUT2D eigenvalue weighted by Gasteiger charge is 2.25. The normalized spacial score (nSPS) is 13.3. The van der Waals surface area contributed by atoms with E-state index >= 15 is 0 Å². The van der Waals surface area contributed by atoms with Gasteiger partial charge in [0, 0.05) is 0 Å². The monoisotopic (exact) mass is 260 g/mol. The van der Waals surface area contributed by atoms with Gasteiger partial charge in [0.2, 0.25) is 0 Å². The van der Waals surface area contributed by atoms with Crippen molar-refractivity contribution in [2.24, 2.45) is 11.7 Å². The Balaban J connectivity index is 4.28. The average molecular weight is 260 g/mol. The fraction of sp³-hybridized carbons (Fsp3) is 0.833. The number of esters is 2. The molecule has 0 radical (unpaired) electrons. The molecule has 0 aliphatic heterocycles. The van der Waals surface area contributed by atoms with Crippen LogP contribution in [0, 0.1) is 5.92 Å². The summed E-state index contributed by atoms with van der Waals surface area (Å²) in [7, 11) is 0. The summed E-state index contributed by atoms with van der Waals surface area (Å²) < 4.78 is 9.85. The van der Waals surface area contributed by atoms with Crippen LogP contribution in [0.4, 0.5) is 0 Å². The lowest BCUT2D eigenvalue weighted by molar-refractivity contribution is -0.154. The smallest absolute Gasteiger partial charge is 0.324 e. The molecule has 1 atom stereocenters. The molecule has 0 amide bonds. The quantitative estimate of drug-likeness (QED) is 0.531. The van der Waals surface area contributed by atoms with E-state index in [9.17, 15) is 9.59 Å². The molecule has 0 aromatic heterocycles. The second-order valence-corrected chi connectivity index (χ2v) is 5.32. The molecule has 0 aromatic rings. The first kappa shape index (κ1) is 16.9. The van der Waals surface area contributed by atoms with Gasteiger partial charge in [0.1, 0.15) is 18.4 Å². The molecule has 0 heterocycles. The molecule has 0 aliphatic rings. The van der Waals surface area contributed by atoms with Gasteiger partial charge in [-0.05, 0) is 26.7 Å². The third-order valence-electron chi connectivity index (χ3n) is 2.03. The molecule has 0 bridgehead atoms. The zero-order valence-electron chi connectivity index (χ0n) is 11.8. The molecule has 6 heteroatoms. The maximum Gasteiger partial charge on any atom is 0.324 e. The van der Waals surface area contributed by atoms with Gasteiger partial charge < -0.3 is 9.47 Å². The minimum absolute atomic E-state index is 0.00788. The van der Waals surface area contributed by atoms with Crippen LogP contribution in [-0.2, 0) is 19.1 Å². The van der Waals surface area contributed by atoms with E-state index < -0.39 is 23.6 Å². The lowest BCUT2D eigenvalue weighted by Crippen LogP contribution is -2.45. The molecule has 0 saturated heterocycles. The summed E-state index contributed by atoms with van der Waals surface area (Å²) in [6, 6.07) is -0.568. The van der Waals surface area contributed by atoms with Crippen molar-refractivity contribution in [2.75, 3.05) is 13.3 Å². The number of hydrogen-bond donors (Lipinski definition) is 2. The Morgan fingerprint density at radius 2 is 1.83 bits per heavy atom. The maximum atomic E-state index is 11.6. The maximum absolute atomic E-state index is 11.6. The van der Waals surface area contributed by atoms with Gasteiger partial charge in [0.05, 0.1) is 6.54 Å². The lowest BCUT2D eigenvalue weighted by atomic mass is 10.0. The Hall–Kier alpha value is -1.14. The van der Waals surface area contributed by atoms with Crippen LogP contribution in [-0.4, -0.2) is 36.9 Å². The number of carbonyl (C=O) groups excluding carboxylic acids is 2. The van der Waals surface area contributed by atoms with Crippen LogP contribution in [0.2, 0.25) is 0 Å². The molecular weight excluding hydrogens is 236 g/mol. The first-order valence-corrected chi connectivity index (χ1v) is 5.99. The fourth-order valence-electron chi connectivity index (χ4n) is 1.33. The van der Waals surface area contributed by atoms with Gasteiger partial charge in [0.25, 0.3) is 0 Å². The van der Waals surface area contributed by atoms with Crippen LogP contribution in [0.25, 0.3) is 0 Å². The molecule has 0 aliphatic carbocycles. The van der Waals surface area contributed by atoms with Crippen molar-refractivity contribution in [3.05, 3.63) is 0 Å². The zero-order valence-corrected chi connectivity index (χ0v) is 11.8. The van der Waals surface area contributed by atoms with Gasteiger partial charge in [-0.1, -0.05) is 13.8 Å². The Bertz CT molecular complexity index is 284. The van der Waals surface area contributed by atoms with Gasteiger partial charge in [0.15, 0.2) is 0 Å². The second kappa shape index (κ2) is 7.33. The number of ether oxygens (including phenoxy) is 2. The van der Waals surface area contributed by atoms with Crippen molar-refractivity contribution >= 4 is 11.9 Å². The van der Waals surface area contributed by atoms with Crippen LogP contribution >= 0.6 is 0 Å². The predicted octanol–water partition coefficient (Wildman–Crippen LogP) is 0.402. The number of nitrogens with two attached hydrogens (primary N) is 1. The van der Waals surface area contributed by atoms with Gasteiger partial charge >= 0.3 is 11.9 Å². The molecule has 0 saturated carbocycles. The Labute approximate surface area is 108 Å². The van der Waals surface area contributed by atoms with Crippen molar-refractivity contribution in [2.45, 2.75) is 46.3 Å². The van der Waals surface area contributed by atoms with Crippen molar-refractivity contribution in [3.63, 3.8) is 0 Å². The standard InChI is InChI=1S/C12H24N2O4/c1-8(2)10(11(16)17-7-13)14-6-9(15)18-12(3,4)5/h8,10,14H,6-7,13H2,1-5H3. The summed E-state index contributed by atoms with van der Waals surface area (Å²) in [6.07, 6.45) is 0. The third kappa shape index (κ3) is 7.24. The van der Waals surface area contributed by atoms with E-state index in [4.69, 9.17) is 15.2 Å². The van der Waals surface area contributed by atoms with Gasteiger partial charge in [-0.15, -0.1) is 0 Å². The molecule has 1 unspecified atom stereocenters. The van der Waals surface area contributed by atoms with Crippen LogP contribution in [0.15, 0.2) is 0 Å². The van der Waals surface area contributed by atoms with E-state index in [1.54, 1.807) is 20.8 Å². The first-order chi connectivity index (χ1) is 8.17. The van der Waals surface area contributed by atoms with Gasteiger partial charge in [-0.2, -0.15) is 0 Å². The summed E-state index contributed by atoms with van der Waals surface area (Å²) in [5.41, 5.74) is 4.61. The van der Waals surface area contributed by atoms with Crippen LogP contribution < -0.4 is 11.1 Å². The van der Waals surface area contributed by atoms with E-state index in [1.807, 2.05) is 13.8 Å². The fourth-order valence-corrected chi connectivity index (χ4v) is 1.33. The SMILES string of the molecule is CC(C)C(NCC(=O)OC(C)(C)C)C(=O)OCN. The summed E-state index contributed by atoms with van der Waals surface area (Å²) in [6.45, 7) is 8.85. The molecule has 18 heavy (non-hydrogen) atoms. The van der Waals surface area contributed by atoms with Crippen molar-refractivity contribution < 1.29 is 19.1 Å². The highest BCUT2D eigenvalue weighted by molar-refractivity contribution is 5.78. The van der Waals surface area contributed by atoms with E-state index in [2.05, 4.69) is 5.32 Å². The summed E-state index contributed by atoms with van der Waals surface area (Å²) in [5, 5.41) is 2.82. The first-order valence-electron chi connectivity index (χ1n) is 5.99. The molecular formula is C12H24N2O4. The average Bonchev–Trinajstić information content (AvgIpc) is 2.14. The summed E-state index contributed by atoms with van der Waals surface area (Å²) in [4.78, 5) is 23.1. The zero-order chi connectivity index (χ0) is 14.3. The lowest BCUT2D eigenvalue weighted by Gasteiger charge is -2.23. The minimum atomic E-state index is -0.568. The molecule has 0 rings (SSSR count). The highest BCUT2D eigenvalue weighted by atomic mass is 16.6. The second-order valence-electron chi connectivity index (χ2n) is 5.32. The number of nitrogens with one attached hydrogen (secondary N) is 1. The Morgan fingerprint density at radius 1 is 1.28 bits per heavy atom. The van der Waals surface area contributed by atoms with Crippen molar-refractivity contribution in [3.8, 4) is 0 Å². The van der Waals surface area contributed by atoms with Gasteiger partial charge in [-0.3, -0.25) is 20.6 Å². The topological polar surface area (TPSA) is 90.6 Å². The van der Waals surface area contributed by atoms with Crippen LogP contribution in [0.1, 0.15) is 34.6 Å². The van der Waals surface area contributed by atoms with Crippen LogP contribution in [0.5, 0.6) is 0 Å². The number of rotatable bonds is 6. The molecule has 3 N–H and O–H groups in total. The third-order valence-corrected chi connectivity index (χ3v) is 2.03. The minimum Gasteiger partial charge on any atom is -0.459 e. The molecule has 6 nitrogen and oxygen atoms in total. The van der Waals surface area contributed by atoms with Crippen LogP contribution in [0.3, 0.4) is 0 Å². The Kier molecular flexibility index (Phi) is 6.86. The van der Waals surface area contributed by atoms with Gasteiger partial charge in [-0.25, -0.2) is 0 Å². The molecule has 0 spiro atoms. The van der Waals surface area contributed by atoms with E-state index in [-0.39, 0.29) is 19.2 Å². The number of hydrogen-bond acceptors (Lipinski definition) is 6. The summed E-state index contributed by atoms with van der Waals surface area (Å²) >= 11 is 0. The van der Waals surface area contributed by atoms with Crippen molar-refractivity contribution in [1.29, 1.82) is 0 Å². The van der Waals surface area contributed by atoms with E-state index in [1.165, 1.54) is 0 Å². The molecule has 0 aromatic carbocycles. The predicted molar refractivity (Wildman–Crippen MR) is 67.6 cm³/mol. The summed E-state index contributed by atoms with van der Waals surface area (Å²) in [5.74, 6) is -0.878. The van der Waals surface area contributed by atoms with E-state index in [0.717, 1.165) is 0 Å². The molecule has 106 valence electrons. The Morgan fingerprint density at radius 3 is 2.22 bits per heavy atom. The molecule has 0 fully saturated rings. The largest absolute Gasteiger partial charge is 0.459 e. The highest BCUT2D eigenvalue weighted by Crippen LogP contribution is 2.07. The van der Waals surface area contributed by atoms with E-state index in [0.29, 0.717) is 0 Å². The van der Waals surface area contributed by atoms with Crippen molar-refractivity contribution in [1.82, 2.24) is 5.32 Å². The number of carbonyl (C=O) groups is 2.